The highest BCUT2D eigenvalue weighted by Crippen LogP contribution is 2.34. The van der Waals surface area contributed by atoms with Crippen molar-refractivity contribution in [2.24, 2.45) is 0 Å². The zero-order chi connectivity index (χ0) is 20.1. The van der Waals surface area contributed by atoms with E-state index in [9.17, 15) is 4.79 Å². The van der Waals surface area contributed by atoms with Crippen molar-refractivity contribution in [1.82, 2.24) is 10.3 Å². The summed E-state index contributed by atoms with van der Waals surface area (Å²) < 4.78 is 5.31. The molecule has 0 radical (unpaired) electrons. The van der Waals surface area contributed by atoms with E-state index in [0.717, 1.165) is 35.5 Å². The largest absolute Gasteiger partial charge is 0.497 e. The van der Waals surface area contributed by atoms with Crippen LogP contribution in [-0.2, 0) is 4.79 Å². The Labute approximate surface area is 172 Å². The molecule has 1 aromatic heterocycles. The van der Waals surface area contributed by atoms with Gasteiger partial charge in [-0.05, 0) is 29.3 Å². The normalized spacial score (nSPS) is 15.5. The Morgan fingerprint density at radius 1 is 1.14 bits per heavy atom. The summed E-state index contributed by atoms with van der Waals surface area (Å²) >= 11 is 0. The molecule has 1 atom stereocenters. The summed E-state index contributed by atoms with van der Waals surface area (Å²) in [4.78, 5) is 17.8. The van der Waals surface area contributed by atoms with E-state index < -0.39 is 0 Å². The number of H-pyrrole nitrogens is 1. The Bertz CT molecular complexity index is 942. The van der Waals surface area contributed by atoms with Gasteiger partial charge in [-0.15, -0.1) is 0 Å². The lowest BCUT2D eigenvalue weighted by molar-refractivity contribution is -0.886. The van der Waals surface area contributed by atoms with E-state index in [0.29, 0.717) is 6.42 Å². The Morgan fingerprint density at radius 2 is 1.90 bits per heavy atom. The maximum absolute atomic E-state index is 12.8. The first-order valence-corrected chi connectivity index (χ1v) is 10.5. The zero-order valence-electron chi connectivity index (χ0n) is 17.0. The minimum absolute atomic E-state index is 0.00353. The molecule has 0 unspecified atom stereocenters. The molecule has 5 nitrogen and oxygen atoms in total. The van der Waals surface area contributed by atoms with Crippen LogP contribution in [0, 0.1) is 0 Å². The summed E-state index contributed by atoms with van der Waals surface area (Å²) in [6.07, 6.45) is 5.09. The van der Waals surface area contributed by atoms with Crippen LogP contribution in [0.25, 0.3) is 10.9 Å². The molecule has 29 heavy (non-hydrogen) atoms. The molecular weight excluding hydrogens is 362 g/mol. The molecule has 4 rings (SSSR count). The van der Waals surface area contributed by atoms with Crippen LogP contribution < -0.4 is 15.0 Å². The Hall–Kier alpha value is -2.79. The summed E-state index contributed by atoms with van der Waals surface area (Å²) in [7, 11) is 1.67. The van der Waals surface area contributed by atoms with Gasteiger partial charge in [-0.25, -0.2) is 0 Å². The summed E-state index contributed by atoms with van der Waals surface area (Å²) in [6, 6.07) is 16.3. The van der Waals surface area contributed by atoms with Crippen LogP contribution in [-0.4, -0.2) is 44.2 Å². The number of methoxy groups -OCH3 is 1. The van der Waals surface area contributed by atoms with Crippen molar-refractivity contribution in [1.29, 1.82) is 0 Å². The lowest BCUT2D eigenvalue weighted by Crippen LogP contribution is -3.10. The number of quaternary nitrogens is 1. The molecule has 0 aliphatic carbocycles. The fourth-order valence-corrected chi connectivity index (χ4v) is 4.39. The number of benzene rings is 2. The molecule has 3 aromatic rings. The topological polar surface area (TPSA) is 58.6 Å². The van der Waals surface area contributed by atoms with E-state index in [4.69, 9.17) is 4.74 Å². The second-order valence-corrected chi connectivity index (χ2v) is 7.88. The molecule has 0 saturated carbocycles. The van der Waals surface area contributed by atoms with E-state index in [1.165, 1.54) is 31.3 Å². The first-order chi connectivity index (χ1) is 14.2. The first-order valence-electron chi connectivity index (χ1n) is 10.5. The van der Waals surface area contributed by atoms with E-state index in [1.807, 2.05) is 30.5 Å². The fourth-order valence-electron chi connectivity index (χ4n) is 4.39. The number of hydrogen-bond acceptors (Lipinski definition) is 2. The summed E-state index contributed by atoms with van der Waals surface area (Å²) in [6.45, 7) is 4.24. The molecular formula is C24H30N3O2+. The number of hydrogen-bond donors (Lipinski definition) is 3. The monoisotopic (exact) mass is 392 g/mol. The van der Waals surface area contributed by atoms with Crippen molar-refractivity contribution in [3.05, 3.63) is 65.9 Å². The summed E-state index contributed by atoms with van der Waals surface area (Å²) in [5.41, 5.74) is 3.38. The van der Waals surface area contributed by atoms with Crippen molar-refractivity contribution in [2.75, 3.05) is 33.3 Å². The van der Waals surface area contributed by atoms with Crippen molar-refractivity contribution < 1.29 is 14.4 Å². The minimum Gasteiger partial charge on any atom is -0.497 e. The van der Waals surface area contributed by atoms with Crippen LogP contribution >= 0.6 is 0 Å². The average molecular weight is 393 g/mol. The maximum atomic E-state index is 12.8. The fraction of sp³-hybridized carbons (Fsp3) is 0.375. The molecule has 2 heterocycles. The Kier molecular flexibility index (Phi) is 6.15. The number of aromatic nitrogens is 1. The number of para-hydroxylation sites is 1. The van der Waals surface area contributed by atoms with Crippen LogP contribution in [0.5, 0.6) is 5.75 Å². The summed E-state index contributed by atoms with van der Waals surface area (Å²) in [5, 5.41) is 4.32. The highest BCUT2D eigenvalue weighted by Gasteiger charge is 2.22. The van der Waals surface area contributed by atoms with Gasteiger partial charge in [-0.2, -0.15) is 0 Å². The quantitative estimate of drug-likeness (QED) is 0.552. The number of fused-ring (bicyclic) bond motifs is 1. The third-order valence-corrected chi connectivity index (χ3v) is 6.02. The molecule has 0 spiro atoms. The third kappa shape index (κ3) is 4.62. The second kappa shape index (κ2) is 9.14. The lowest BCUT2D eigenvalue weighted by atomic mass is 9.88. The lowest BCUT2D eigenvalue weighted by Gasteiger charge is -2.18. The van der Waals surface area contributed by atoms with Gasteiger partial charge in [-0.3, -0.25) is 4.79 Å². The van der Waals surface area contributed by atoms with E-state index in [1.54, 1.807) is 12.0 Å². The zero-order valence-corrected chi connectivity index (χ0v) is 17.0. The van der Waals surface area contributed by atoms with Gasteiger partial charge < -0.3 is 19.9 Å². The molecule has 1 aliphatic heterocycles. The first kappa shape index (κ1) is 19.5. The standard InChI is InChI=1S/C24H29N3O2/c1-29-19-10-8-18(9-11-19)21(22-17-26-23-7-3-2-6-20(22)23)16-24(28)25-12-15-27-13-4-5-14-27/h2-3,6-11,17,21,26H,4-5,12-16H2,1H3,(H,25,28)/p+1/t21-/m0/s1. The van der Waals surface area contributed by atoms with E-state index >= 15 is 0 Å². The van der Waals surface area contributed by atoms with E-state index in [2.05, 4.69) is 34.6 Å². The molecule has 0 bridgehead atoms. The van der Waals surface area contributed by atoms with Crippen molar-refractivity contribution in [3.8, 4) is 5.75 Å². The average Bonchev–Trinajstić information content (AvgIpc) is 3.42. The van der Waals surface area contributed by atoms with E-state index in [-0.39, 0.29) is 11.8 Å². The number of ether oxygens (including phenoxy) is 1. The van der Waals surface area contributed by atoms with Crippen LogP contribution in [0.15, 0.2) is 54.7 Å². The molecule has 1 amide bonds. The predicted octanol–water partition coefficient (Wildman–Crippen LogP) is 2.49. The van der Waals surface area contributed by atoms with Crippen molar-refractivity contribution in [2.45, 2.75) is 25.2 Å². The van der Waals surface area contributed by atoms with Gasteiger partial charge >= 0.3 is 0 Å². The number of carbonyl (C=O) groups is 1. The molecule has 3 N–H and O–H groups in total. The minimum atomic E-state index is -0.00353. The molecule has 1 saturated heterocycles. The number of nitrogens with one attached hydrogen (secondary N) is 3. The highest BCUT2D eigenvalue weighted by atomic mass is 16.5. The molecule has 152 valence electrons. The maximum Gasteiger partial charge on any atom is 0.221 e. The van der Waals surface area contributed by atoms with Gasteiger partial charge in [0.05, 0.1) is 33.3 Å². The van der Waals surface area contributed by atoms with Gasteiger partial charge in [0.2, 0.25) is 5.91 Å². The van der Waals surface area contributed by atoms with Gasteiger partial charge in [0.1, 0.15) is 5.75 Å². The smallest absolute Gasteiger partial charge is 0.221 e. The van der Waals surface area contributed by atoms with Crippen LogP contribution in [0.4, 0.5) is 0 Å². The molecule has 1 fully saturated rings. The van der Waals surface area contributed by atoms with Gasteiger partial charge in [0.15, 0.2) is 0 Å². The molecule has 5 heteroatoms. The molecule has 2 aromatic carbocycles. The Morgan fingerprint density at radius 3 is 2.66 bits per heavy atom. The summed E-state index contributed by atoms with van der Waals surface area (Å²) in [5.74, 6) is 0.926. The van der Waals surface area contributed by atoms with Gasteiger partial charge in [0, 0.05) is 42.3 Å². The Balaban J connectivity index is 1.52. The number of carbonyl (C=O) groups excluding carboxylic acids is 1. The van der Waals surface area contributed by atoms with Crippen LogP contribution in [0.1, 0.15) is 36.3 Å². The number of aromatic amines is 1. The van der Waals surface area contributed by atoms with Crippen molar-refractivity contribution >= 4 is 16.8 Å². The highest BCUT2D eigenvalue weighted by molar-refractivity contribution is 5.86. The van der Waals surface area contributed by atoms with Crippen LogP contribution in [0.3, 0.4) is 0 Å². The van der Waals surface area contributed by atoms with Crippen molar-refractivity contribution in [3.63, 3.8) is 0 Å². The third-order valence-electron chi connectivity index (χ3n) is 6.02. The number of likely N-dealkylation sites (tertiary alicyclic amines) is 1. The van der Waals surface area contributed by atoms with Gasteiger partial charge in [-0.1, -0.05) is 30.3 Å². The molecule has 1 aliphatic rings. The number of rotatable bonds is 8. The second-order valence-electron chi connectivity index (χ2n) is 7.88. The van der Waals surface area contributed by atoms with Crippen LogP contribution in [0.2, 0.25) is 0 Å². The predicted molar refractivity (Wildman–Crippen MR) is 116 cm³/mol. The SMILES string of the molecule is COc1ccc([C@H](CC(=O)NCC[NH+]2CCCC2)c2c[nH]c3ccccc23)cc1. The number of amides is 1. The van der Waals surface area contributed by atoms with Gasteiger partial charge in [0.25, 0.3) is 0 Å².